The molecule has 0 aliphatic rings. The largest absolute Gasteiger partial charge is 0.326 e. The maximum atomic E-state index is 12.5. The van der Waals surface area contributed by atoms with Crippen LogP contribution in [-0.4, -0.2) is 8.42 Å². The van der Waals surface area contributed by atoms with Gasteiger partial charge < -0.3 is 5.73 Å². The van der Waals surface area contributed by atoms with E-state index in [-0.39, 0.29) is 5.75 Å². The molecule has 4 heteroatoms. The number of hydrogen-bond donors (Lipinski definition) is 1. The number of rotatable bonds is 4. The maximum absolute atomic E-state index is 12.5. The van der Waals surface area contributed by atoms with E-state index in [0.29, 0.717) is 11.4 Å². The van der Waals surface area contributed by atoms with Crippen LogP contribution >= 0.6 is 0 Å². The molecule has 106 valence electrons. The molecule has 0 bridgehead atoms. The molecular formula is C16H19NO2S. The first-order valence-electron chi connectivity index (χ1n) is 6.50. The summed E-state index contributed by atoms with van der Waals surface area (Å²) in [4.78, 5) is 0.408. The van der Waals surface area contributed by atoms with E-state index in [9.17, 15) is 8.42 Å². The summed E-state index contributed by atoms with van der Waals surface area (Å²) < 4.78 is 24.9. The molecule has 2 aromatic rings. The van der Waals surface area contributed by atoms with Crippen molar-refractivity contribution in [3.63, 3.8) is 0 Å². The van der Waals surface area contributed by atoms with Crippen LogP contribution in [0.5, 0.6) is 0 Å². The average Bonchev–Trinajstić information content (AvgIpc) is 2.38. The lowest BCUT2D eigenvalue weighted by molar-refractivity contribution is 0.594. The molecule has 2 rings (SSSR count). The molecule has 0 aliphatic carbocycles. The fourth-order valence-corrected chi connectivity index (χ4v) is 3.83. The number of benzene rings is 2. The first-order chi connectivity index (χ1) is 9.42. The van der Waals surface area contributed by atoms with Gasteiger partial charge in [-0.05, 0) is 36.6 Å². The van der Waals surface area contributed by atoms with Crippen molar-refractivity contribution in [2.24, 2.45) is 5.73 Å². The van der Waals surface area contributed by atoms with Crippen LogP contribution in [-0.2, 0) is 22.1 Å². The van der Waals surface area contributed by atoms with Gasteiger partial charge in [0.05, 0.1) is 10.6 Å². The van der Waals surface area contributed by atoms with E-state index >= 15 is 0 Å². The van der Waals surface area contributed by atoms with Crippen molar-refractivity contribution in [2.45, 2.75) is 31.0 Å². The van der Waals surface area contributed by atoms with Gasteiger partial charge in [0.25, 0.3) is 0 Å². The Kier molecular flexibility index (Phi) is 4.26. The quantitative estimate of drug-likeness (QED) is 0.941. The standard InChI is InChI=1S/C16H19NO2S/c1-12-3-8-16(13(2)9-12)20(18,19)11-15-6-4-14(10-17)5-7-15/h3-9H,10-11,17H2,1-2H3. The Morgan fingerprint density at radius 2 is 1.55 bits per heavy atom. The normalized spacial score (nSPS) is 11.6. The van der Waals surface area contributed by atoms with Gasteiger partial charge in [-0.2, -0.15) is 0 Å². The van der Waals surface area contributed by atoms with Gasteiger partial charge in [-0.3, -0.25) is 0 Å². The summed E-state index contributed by atoms with van der Waals surface area (Å²) in [6, 6.07) is 12.8. The first kappa shape index (κ1) is 14.8. The number of hydrogen-bond acceptors (Lipinski definition) is 3. The van der Waals surface area contributed by atoms with Crippen LogP contribution in [0.3, 0.4) is 0 Å². The topological polar surface area (TPSA) is 60.2 Å². The molecule has 0 unspecified atom stereocenters. The van der Waals surface area contributed by atoms with Gasteiger partial charge in [0.1, 0.15) is 0 Å². The summed E-state index contributed by atoms with van der Waals surface area (Å²) >= 11 is 0. The van der Waals surface area contributed by atoms with E-state index in [2.05, 4.69) is 0 Å². The second-order valence-corrected chi connectivity index (χ2v) is 7.01. The Hall–Kier alpha value is -1.65. The zero-order valence-corrected chi connectivity index (χ0v) is 12.6. The lowest BCUT2D eigenvalue weighted by atomic mass is 10.1. The molecule has 2 N–H and O–H groups in total. The molecular weight excluding hydrogens is 270 g/mol. The van der Waals surface area contributed by atoms with Crippen molar-refractivity contribution in [1.29, 1.82) is 0 Å². The van der Waals surface area contributed by atoms with Gasteiger partial charge in [0.15, 0.2) is 9.84 Å². The second kappa shape index (κ2) is 5.77. The molecule has 0 fully saturated rings. The van der Waals surface area contributed by atoms with Crippen molar-refractivity contribution in [1.82, 2.24) is 0 Å². The molecule has 20 heavy (non-hydrogen) atoms. The van der Waals surface area contributed by atoms with Crippen LogP contribution < -0.4 is 5.73 Å². The smallest absolute Gasteiger partial charge is 0.182 e. The molecule has 0 radical (unpaired) electrons. The minimum absolute atomic E-state index is 0.0156. The maximum Gasteiger partial charge on any atom is 0.182 e. The zero-order valence-electron chi connectivity index (χ0n) is 11.8. The summed E-state index contributed by atoms with van der Waals surface area (Å²) in [6.45, 7) is 4.25. The summed E-state index contributed by atoms with van der Waals surface area (Å²) in [6.07, 6.45) is 0. The summed E-state index contributed by atoms with van der Waals surface area (Å²) in [5.74, 6) is 0.0156. The number of nitrogens with two attached hydrogens (primary N) is 1. The highest BCUT2D eigenvalue weighted by Crippen LogP contribution is 2.21. The Bertz CT molecular complexity index is 704. The molecule has 2 aromatic carbocycles. The molecule has 0 amide bonds. The fourth-order valence-electron chi connectivity index (χ4n) is 2.22. The first-order valence-corrected chi connectivity index (χ1v) is 8.15. The third kappa shape index (κ3) is 3.26. The Balaban J connectivity index is 2.30. The zero-order chi connectivity index (χ0) is 14.8. The van der Waals surface area contributed by atoms with E-state index in [1.165, 1.54) is 0 Å². The molecule has 0 aromatic heterocycles. The summed E-state index contributed by atoms with van der Waals surface area (Å²) in [5.41, 5.74) is 9.17. The molecule has 0 aliphatic heterocycles. The van der Waals surface area contributed by atoms with Gasteiger partial charge in [-0.25, -0.2) is 8.42 Å². The average molecular weight is 289 g/mol. The lowest BCUT2D eigenvalue weighted by Gasteiger charge is -2.09. The predicted molar refractivity (Wildman–Crippen MR) is 81.1 cm³/mol. The number of aryl methyl sites for hydroxylation is 2. The van der Waals surface area contributed by atoms with Gasteiger partial charge in [-0.15, -0.1) is 0 Å². The van der Waals surface area contributed by atoms with Crippen molar-refractivity contribution in [2.75, 3.05) is 0 Å². The van der Waals surface area contributed by atoms with E-state index in [0.717, 1.165) is 22.3 Å². The van der Waals surface area contributed by atoms with Crippen LogP contribution in [0, 0.1) is 13.8 Å². The molecule has 0 heterocycles. The van der Waals surface area contributed by atoms with Crippen molar-refractivity contribution in [3.05, 3.63) is 64.7 Å². The lowest BCUT2D eigenvalue weighted by Crippen LogP contribution is -2.07. The van der Waals surface area contributed by atoms with Gasteiger partial charge >= 0.3 is 0 Å². The SMILES string of the molecule is Cc1ccc(S(=O)(=O)Cc2ccc(CN)cc2)c(C)c1. The molecule has 3 nitrogen and oxygen atoms in total. The molecule has 0 atom stereocenters. The third-order valence-corrected chi connectivity index (χ3v) is 5.12. The minimum Gasteiger partial charge on any atom is -0.326 e. The highest BCUT2D eigenvalue weighted by atomic mass is 32.2. The Morgan fingerprint density at radius 1 is 0.950 bits per heavy atom. The predicted octanol–water partition coefficient (Wildman–Crippen LogP) is 2.74. The van der Waals surface area contributed by atoms with Crippen LogP contribution in [0.2, 0.25) is 0 Å². The molecule has 0 spiro atoms. The van der Waals surface area contributed by atoms with Gasteiger partial charge in [0, 0.05) is 6.54 Å². The molecule has 0 saturated carbocycles. The van der Waals surface area contributed by atoms with E-state index in [1.807, 2.05) is 50.2 Å². The Morgan fingerprint density at radius 3 is 2.10 bits per heavy atom. The van der Waals surface area contributed by atoms with Crippen LogP contribution in [0.15, 0.2) is 47.4 Å². The van der Waals surface area contributed by atoms with Crippen molar-refractivity contribution < 1.29 is 8.42 Å². The Labute approximate surface area is 120 Å². The van der Waals surface area contributed by atoms with E-state index in [1.54, 1.807) is 6.07 Å². The molecule has 0 saturated heterocycles. The van der Waals surface area contributed by atoms with Crippen molar-refractivity contribution in [3.8, 4) is 0 Å². The second-order valence-electron chi connectivity index (χ2n) is 5.05. The number of sulfone groups is 1. The van der Waals surface area contributed by atoms with Crippen LogP contribution in [0.1, 0.15) is 22.3 Å². The van der Waals surface area contributed by atoms with E-state index in [4.69, 9.17) is 5.73 Å². The third-order valence-electron chi connectivity index (χ3n) is 3.28. The van der Waals surface area contributed by atoms with E-state index < -0.39 is 9.84 Å². The summed E-state index contributed by atoms with van der Waals surface area (Å²) in [7, 11) is -3.31. The minimum atomic E-state index is -3.31. The summed E-state index contributed by atoms with van der Waals surface area (Å²) in [5, 5.41) is 0. The van der Waals surface area contributed by atoms with Crippen LogP contribution in [0.4, 0.5) is 0 Å². The highest BCUT2D eigenvalue weighted by Gasteiger charge is 2.17. The van der Waals surface area contributed by atoms with Crippen molar-refractivity contribution >= 4 is 9.84 Å². The van der Waals surface area contributed by atoms with Gasteiger partial charge in [0.2, 0.25) is 0 Å². The van der Waals surface area contributed by atoms with Gasteiger partial charge in [-0.1, -0.05) is 42.0 Å². The van der Waals surface area contributed by atoms with Crippen LogP contribution in [0.25, 0.3) is 0 Å². The fraction of sp³-hybridized carbons (Fsp3) is 0.250. The monoisotopic (exact) mass is 289 g/mol. The highest BCUT2D eigenvalue weighted by molar-refractivity contribution is 7.90.